The molecule has 0 bridgehead atoms. The minimum atomic E-state index is 0.0597. The summed E-state index contributed by atoms with van der Waals surface area (Å²) >= 11 is 0. The first-order valence-electron chi connectivity index (χ1n) is 5.84. The third-order valence-corrected chi connectivity index (χ3v) is 3.17. The highest BCUT2D eigenvalue weighted by atomic mass is 16.2. The first-order chi connectivity index (χ1) is 8.00. The number of anilines is 2. The van der Waals surface area contributed by atoms with Crippen LogP contribution < -0.4 is 10.6 Å². The van der Waals surface area contributed by atoms with Gasteiger partial charge in [-0.25, -0.2) is 0 Å². The van der Waals surface area contributed by atoms with Crippen molar-refractivity contribution in [3.05, 3.63) is 23.8 Å². The van der Waals surface area contributed by atoms with Crippen LogP contribution in [-0.4, -0.2) is 38.0 Å². The Hall–Kier alpha value is -1.71. The van der Waals surface area contributed by atoms with Crippen LogP contribution >= 0.6 is 0 Å². The molecule has 92 valence electrons. The topological polar surface area (TPSA) is 49.6 Å². The molecule has 0 aliphatic heterocycles. The Morgan fingerprint density at radius 1 is 1.29 bits per heavy atom. The number of hydrogen-bond acceptors (Lipinski definition) is 3. The van der Waals surface area contributed by atoms with Crippen LogP contribution in [0.1, 0.15) is 23.2 Å². The second-order valence-electron chi connectivity index (χ2n) is 4.82. The summed E-state index contributed by atoms with van der Waals surface area (Å²) in [6.45, 7) is 0. The van der Waals surface area contributed by atoms with Crippen LogP contribution in [0.25, 0.3) is 0 Å². The number of nitrogens with zero attached hydrogens (tertiary/aromatic N) is 2. The molecule has 4 nitrogen and oxygen atoms in total. The standard InChI is InChI=1S/C13H19N3O/c1-15(2)12-7-4-9(8-11(12)14)13(17)16(3)10-5-6-10/h4,7-8,10H,5-6,14H2,1-3H3. The Morgan fingerprint density at radius 2 is 1.94 bits per heavy atom. The van der Waals surface area contributed by atoms with Crippen LogP contribution in [-0.2, 0) is 0 Å². The minimum Gasteiger partial charge on any atom is -0.397 e. The first kappa shape index (κ1) is 11.8. The van der Waals surface area contributed by atoms with Crippen molar-refractivity contribution in [3.63, 3.8) is 0 Å². The van der Waals surface area contributed by atoms with Crippen LogP contribution in [0, 0.1) is 0 Å². The zero-order valence-electron chi connectivity index (χ0n) is 10.6. The number of rotatable bonds is 3. The molecular formula is C13H19N3O. The summed E-state index contributed by atoms with van der Waals surface area (Å²) in [7, 11) is 5.73. The largest absolute Gasteiger partial charge is 0.397 e. The van der Waals surface area contributed by atoms with E-state index in [-0.39, 0.29) is 5.91 Å². The maximum absolute atomic E-state index is 12.1. The van der Waals surface area contributed by atoms with Crippen molar-refractivity contribution < 1.29 is 4.79 Å². The summed E-state index contributed by atoms with van der Waals surface area (Å²) in [5, 5.41) is 0. The van der Waals surface area contributed by atoms with E-state index in [1.165, 1.54) is 0 Å². The van der Waals surface area contributed by atoms with Crippen molar-refractivity contribution in [2.24, 2.45) is 0 Å². The fourth-order valence-electron chi connectivity index (χ4n) is 1.93. The van der Waals surface area contributed by atoms with Gasteiger partial charge in [-0.05, 0) is 31.0 Å². The molecule has 1 aromatic rings. The van der Waals surface area contributed by atoms with Crippen LogP contribution in [0.4, 0.5) is 11.4 Å². The van der Waals surface area contributed by atoms with E-state index in [4.69, 9.17) is 5.73 Å². The number of carbonyl (C=O) groups is 1. The molecule has 17 heavy (non-hydrogen) atoms. The van der Waals surface area contributed by atoms with E-state index < -0.39 is 0 Å². The molecule has 0 atom stereocenters. The summed E-state index contributed by atoms with van der Waals surface area (Å²) in [5.74, 6) is 0.0597. The van der Waals surface area contributed by atoms with Gasteiger partial charge in [-0.2, -0.15) is 0 Å². The third kappa shape index (κ3) is 2.35. The summed E-state index contributed by atoms with van der Waals surface area (Å²) in [6.07, 6.45) is 2.24. The van der Waals surface area contributed by atoms with Gasteiger partial charge in [-0.3, -0.25) is 4.79 Å². The van der Waals surface area contributed by atoms with E-state index in [9.17, 15) is 4.79 Å². The number of amides is 1. The molecule has 2 rings (SSSR count). The van der Waals surface area contributed by atoms with Gasteiger partial charge in [0.15, 0.2) is 0 Å². The van der Waals surface area contributed by atoms with Gasteiger partial charge in [0, 0.05) is 32.7 Å². The van der Waals surface area contributed by atoms with Crippen LogP contribution in [0.2, 0.25) is 0 Å². The van der Waals surface area contributed by atoms with Gasteiger partial charge in [0.05, 0.1) is 11.4 Å². The fourth-order valence-corrected chi connectivity index (χ4v) is 1.93. The Bertz CT molecular complexity index is 438. The van der Waals surface area contributed by atoms with E-state index in [0.29, 0.717) is 17.3 Å². The summed E-state index contributed by atoms with van der Waals surface area (Å²) < 4.78 is 0. The van der Waals surface area contributed by atoms with Crippen molar-refractivity contribution in [2.75, 3.05) is 31.8 Å². The van der Waals surface area contributed by atoms with Crippen molar-refractivity contribution >= 4 is 17.3 Å². The molecule has 0 spiro atoms. The highest BCUT2D eigenvalue weighted by Crippen LogP contribution is 2.28. The van der Waals surface area contributed by atoms with Crippen molar-refractivity contribution in [1.82, 2.24) is 4.90 Å². The second-order valence-corrected chi connectivity index (χ2v) is 4.82. The quantitative estimate of drug-likeness (QED) is 0.806. The molecule has 4 heteroatoms. The zero-order valence-corrected chi connectivity index (χ0v) is 10.6. The molecule has 0 aromatic heterocycles. The van der Waals surface area contributed by atoms with E-state index >= 15 is 0 Å². The van der Waals surface area contributed by atoms with E-state index in [2.05, 4.69) is 0 Å². The predicted molar refractivity (Wildman–Crippen MR) is 70.3 cm³/mol. The molecule has 0 heterocycles. The smallest absolute Gasteiger partial charge is 0.253 e. The SMILES string of the molecule is CN(C)c1ccc(C(=O)N(C)C2CC2)cc1N. The molecule has 1 aromatic carbocycles. The second kappa shape index (κ2) is 4.28. The van der Waals surface area contributed by atoms with Crippen LogP contribution in [0.5, 0.6) is 0 Å². The van der Waals surface area contributed by atoms with Crippen molar-refractivity contribution in [3.8, 4) is 0 Å². The number of hydrogen-bond donors (Lipinski definition) is 1. The monoisotopic (exact) mass is 233 g/mol. The maximum Gasteiger partial charge on any atom is 0.253 e. The Labute approximate surface area is 102 Å². The average Bonchev–Trinajstić information content (AvgIpc) is 3.10. The van der Waals surface area contributed by atoms with Crippen molar-refractivity contribution in [2.45, 2.75) is 18.9 Å². The average molecular weight is 233 g/mol. The lowest BCUT2D eigenvalue weighted by Gasteiger charge is -2.19. The lowest BCUT2D eigenvalue weighted by atomic mass is 10.1. The minimum absolute atomic E-state index is 0.0597. The number of nitrogen functional groups attached to an aromatic ring is 1. The summed E-state index contributed by atoms with van der Waals surface area (Å²) in [5.41, 5.74) is 8.19. The van der Waals surface area contributed by atoms with Gasteiger partial charge >= 0.3 is 0 Å². The molecule has 2 N–H and O–H groups in total. The molecule has 1 aliphatic carbocycles. The highest BCUT2D eigenvalue weighted by Gasteiger charge is 2.30. The summed E-state index contributed by atoms with van der Waals surface area (Å²) in [6, 6.07) is 5.92. The Balaban J connectivity index is 2.21. The van der Waals surface area contributed by atoms with E-state index in [1.807, 2.05) is 43.1 Å². The first-order valence-corrected chi connectivity index (χ1v) is 5.84. The van der Waals surface area contributed by atoms with Crippen LogP contribution in [0.3, 0.4) is 0 Å². The van der Waals surface area contributed by atoms with Crippen LogP contribution in [0.15, 0.2) is 18.2 Å². The third-order valence-electron chi connectivity index (χ3n) is 3.17. The Kier molecular flexibility index (Phi) is 2.96. The lowest BCUT2D eigenvalue weighted by molar-refractivity contribution is 0.0785. The highest BCUT2D eigenvalue weighted by molar-refractivity contribution is 5.96. The Morgan fingerprint density at radius 3 is 2.41 bits per heavy atom. The molecule has 1 fully saturated rings. The molecule has 0 saturated heterocycles. The van der Waals surface area contributed by atoms with Crippen molar-refractivity contribution in [1.29, 1.82) is 0 Å². The predicted octanol–water partition coefficient (Wildman–Crippen LogP) is 1.57. The van der Waals surface area contributed by atoms with Gasteiger partial charge < -0.3 is 15.5 Å². The van der Waals surface area contributed by atoms with E-state index in [0.717, 1.165) is 18.5 Å². The number of nitrogens with two attached hydrogens (primary N) is 1. The molecule has 0 unspecified atom stereocenters. The molecular weight excluding hydrogens is 214 g/mol. The van der Waals surface area contributed by atoms with Gasteiger partial charge in [-0.1, -0.05) is 0 Å². The normalized spacial score (nSPS) is 14.5. The molecule has 0 radical (unpaired) electrons. The van der Waals surface area contributed by atoms with Gasteiger partial charge in [0.25, 0.3) is 5.91 Å². The molecule has 1 amide bonds. The number of carbonyl (C=O) groups excluding carboxylic acids is 1. The van der Waals surface area contributed by atoms with Gasteiger partial charge in [0.2, 0.25) is 0 Å². The lowest BCUT2D eigenvalue weighted by Crippen LogP contribution is -2.28. The number of benzene rings is 1. The van der Waals surface area contributed by atoms with Gasteiger partial charge in [0.1, 0.15) is 0 Å². The zero-order chi connectivity index (χ0) is 12.6. The molecule has 1 saturated carbocycles. The maximum atomic E-state index is 12.1. The summed E-state index contributed by atoms with van der Waals surface area (Å²) in [4.78, 5) is 15.9. The van der Waals surface area contributed by atoms with E-state index in [1.54, 1.807) is 6.07 Å². The van der Waals surface area contributed by atoms with Gasteiger partial charge in [-0.15, -0.1) is 0 Å². The fraction of sp³-hybridized carbons (Fsp3) is 0.462. The molecule has 1 aliphatic rings.